The zero-order chi connectivity index (χ0) is 21.7. The first kappa shape index (κ1) is 18.6. The third-order valence-electron chi connectivity index (χ3n) is 5.27. The van der Waals surface area contributed by atoms with E-state index in [1.807, 2.05) is 41.0 Å². The van der Waals surface area contributed by atoms with Gasteiger partial charge in [-0.1, -0.05) is 36.4 Å². The molecule has 2 aliphatic rings. The highest BCUT2D eigenvalue weighted by Crippen LogP contribution is 2.34. The number of hydrogen-bond donors (Lipinski definition) is 2. The first-order valence-electron chi connectivity index (χ1n) is 9.39. The summed E-state index contributed by atoms with van der Waals surface area (Å²) in [5, 5.41) is 4.87. The molecule has 5 rings (SSSR count). The number of urea groups is 1. The van der Waals surface area contributed by atoms with E-state index >= 15 is 0 Å². The van der Waals surface area contributed by atoms with Gasteiger partial charge in [-0.05, 0) is 29.8 Å². The highest BCUT2D eigenvalue weighted by molar-refractivity contribution is 6.32. The molecule has 2 heterocycles. The molecule has 1 unspecified atom stereocenters. The zero-order valence-electron chi connectivity index (χ0n) is 15.8. The summed E-state index contributed by atoms with van der Waals surface area (Å²) in [7, 11) is 0. The number of amides is 4. The second-order valence-electron chi connectivity index (χ2n) is 7.19. The summed E-state index contributed by atoms with van der Waals surface area (Å²) < 4.78 is 0. The number of hydrogen-bond acceptors (Lipinski definition) is 6. The lowest BCUT2D eigenvalue weighted by Crippen LogP contribution is -2.51. The Morgan fingerprint density at radius 2 is 1.48 bits per heavy atom. The second-order valence-corrected chi connectivity index (χ2v) is 7.19. The Balaban J connectivity index is 1.52. The van der Waals surface area contributed by atoms with Gasteiger partial charge < -0.3 is 0 Å². The summed E-state index contributed by atoms with van der Waals surface area (Å²) in [6.45, 7) is 0. The number of benzene rings is 2. The molecule has 0 radical (unpaired) electrons. The van der Waals surface area contributed by atoms with Crippen LogP contribution in [-0.2, 0) is 9.59 Å². The minimum absolute atomic E-state index is 0.201. The fourth-order valence-corrected chi connectivity index (χ4v) is 3.78. The topological polar surface area (TPSA) is 122 Å². The number of imide groups is 2. The summed E-state index contributed by atoms with van der Waals surface area (Å²) in [5.74, 6) is -3.46. The molecule has 8 nitrogen and oxygen atoms in total. The van der Waals surface area contributed by atoms with Gasteiger partial charge in [-0.2, -0.15) is 0 Å². The van der Waals surface area contributed by atoms with Crippen LogP contribution in [0.25, 0.3) is 17.0 Å². The van der Waals surface area contributed by atoms with Crippen LogP contribution in [0.15, 0.2) is 60.2 Å². The summed E-state index contributed by atoms with van der Waals surface area (Å²) in [4.78, 5) is 65.5. The number of para-hydroxylation sites is 1. The van der Waals surface area contributed by atoms with Gasteiger partial charge in [0, 0.05) is 16.5 Å². The van der Waals surface area contributed by atoms with Crippen LogP contribution < -0.4 is 10.6 Å². The van der Waals surface area contributed by atoms with Crippen molar-refractivity contribution >= 4 is 46.4 Å². The Kier molecular flexibility index (Phi) is 4.07. The van der Waals surface area contributed by atoms with E-state index in [0.29, 0.717) is 16.8 Å². The standard InChI is InChI=1S/C23H13N3O5/c27-19-13-7-5-11(10-15-21(29)25-23(31)26-22(15)30)9-14(13)20(28)18(19)17-8-6-12-3-1-2-4-16(12)24-17/h1-10,18H,(H2,25,26,29,30,31). The molecule has 1 saturated heterocycles. The van der Waals surface area contributed by atoms with Gasteiger partial charge in [-0.25, -0.2) is 4.79 Å². The highest BCUT2D eigenvalue weighted by atomic mass is 16.2. The third kappa shape index (κ3) is 3.01. The number of fused-ring (bicyclic) bond motifs is 2. The van der Waals surface area contributed by atoms with Crippen LogP contribution in [0.1, 0.15) is 37.9 Å². The monoisotopic (exact) mass is 411 g/mol. The van der Waals surface area contributed by atoms with Crippen molar-refractivity contribution in [3.05, 3.63) is 82.6 Å². The SMILES string of the molecule is O=C1NC(=O)C(=Cc2ccc3c(c2)C(=O)C(c2ccc4ccccc4n2)C3=O)C(=O)N1. The minimum atomic E-state index is -1.04. The molecule has 1 atom stereocenters. The van der Waals surface area contributed by atoms with Crippen LogP contribution in [-0.4, -0.2) is 34.4 Å². The quantitative estimate of drug-likeness (QED) is 0.379. The fraction of sp³-hybridized carbons (Fsp3) is 0.0435. The summed E-state index contributed by atoms with van der Waals surface area (Å²) in [5.41, 5.74) is 1.62. The molecule has 1 aromatic heterocycles. The molecule has 31 heavy (non-hydrogen) atoms. The van der Waals surface area contributed by atoms with Crippen molar-refractivity contribution in [2.75, 3.05) is 0 Å². The predicted molar refractivity (Wildman–Crippen MR) is 109 cm³/mol. The largest absolute Gasteiger partial charge is 0.328 e. The Hall–Kier alpha value is -4.46. The number of rotatable bonds is 2. The lowest BCUT2D eigenvalue weighted by atomic mass is 9.98. The minimum Gasteiger partial charge on any atom is -0.293 e. The number of nitrogens with zero attached hydrogens (tertiary/aromatic N) is 1. The van der Waals surface area contributed by atoms with Crippen molar-refractivity contribution in [1.29, 1.82) is 0 Å². The van der Waals surface area contributed by atoms with Crippen molar-refractivity contribution in [1.82, 2.24) is 15.6 Å². The lowest BCUT2D eigenvalue weighted by Gasteiger charge is -2.13. The van der Waals surface area contributed by atoms with Crippen LogP contribution in [0.5, 0.6) is 0 Å². The van der Waals surface area contributed by atoms with E-state index in [4.69, 9.17) is 0 Å². The maximum absolute atomic E-state index is 13.1. The van der Waals surface area contributed by atoms with Crippen LogP contribution in [0.2, 0.25) is 0 Å². The van der Waals surface area contributed by atoms with Gasteiger partial charge >= 0.3 is 6.03 Å². The van der Waals surface area contributed by atoms with Gasteiger partial charge in [0.05, 0.1) is 11.2 Å². The average Bonchev–Trinajstić information content (AvgIpc) is 3.00. The number of pyridine rings is 1. The normalized spacial score (nSPS) is 18.1. The predicted octanol–water partition coefficient (Wildman–Crippen LogP) is 2.15. The van der Waals surface area contributed by atoms with Crippen molar-refractivity contribution in [3.63, 3.8) is 0 Å². The highest BCUT2D eigenvalue weighted by Gasteiger charge is 2.40. The van der Waals surface area contributed by atoms with Gasteiger partial charge in [-0.3, -0.25) is 34.8 Å². The Labute approximate surface area is 175 Å². The Morgan fingerprint density at radius 3 is 2.26 bits per heavy atom. The van der Waals surface area contributed by atoms with E-state index in [1.54, 1.807) is 6.07 Å². The van der Waals surface area contributed by atoms with E-state index in [9.17, 15) is 24.0 Å². The third-order valence-corrected chi connectivity index (χ3v) is 5.27. The molecule has 1 aliphatic carbocycles. The number of carbonyl (C=O) groups excluding carboxylic acids is 5. The summed E-state index contributed by atoms with van der Waals surface area (Å²) in [6, 6.07) is 14.5. The van der Waals surface area contributed by atoms with Crippen LogP contribution in [0, 0.1) is 0 Å². The zero-order valence-corrected chi connectivity index (χ0v) is 15.8. The molecule has 2 N–H and O–H groups in total. The Morgan fingerprint density at radius 1 is 0.774 bits per heavy atom. The number of aromatic nitrogens is 1. The van der Waals surface area contributed by atoms with Crippen molar-refractivity contribution in [3.8, 4) is 0 Å². The van der Waals surface area contributed by atoms with Crippen molar-refractivity contribution in [2.45, 2.75) is 5.92 Å². The Bertz CT molecular complexity index is 1370. The van der Waals surface area contributed by atoms with Gasteiger partial charge in [0.2, 0.25) is 0 Å². The smallest absolute Gasteiger partial charge is 0.293 e. The van der Waals surface area contributed by atoms with Crippen LogP contribution in [0.4, 0.5) is 4.79 Å². The number of barbiturate groups is 1. The van der Waals surface area contributed by atoms with Gasteiger partial charge in [0.1, 0.15) is 11.5 Å². The molecule has 150 valence electrons. The molecule has 2 aromatic carbocycles. The van der Waals surface area contributed by atoms with Crippen molar-refractivity contribution < 1.29 is 24.0 Å². The average molecular weight is 411 g/mol. The van der Waals surface area contributed by atoms with E-state index in [-0.39, 0.29) is 22.5 Å². The number of Topliss-reactive ketones (excluding diaryl/α,β-unsaturated/α-hetero) is 2. The molecule has 8 heteroatoms. The van der Waals surface area contributed by atoms with Gasteiger partial charge in [-0.15, -0.1) is 0 Å². The molecule has 1 fully saturated rings. The summed E-state index contributed by atoms with van der Waals surface area (Å²) in [6.07, 6.45) is 1.26. The van der Waals surface area contributed by atoms with E-state index < -0.39 is 29.5 Å². The maximum atomic E-state index is 13.1. The molecule has 0 saturated carbocycles. The molecule has 1 aliphatic heterocycles. The van der Waals surface area contributed by atoms with Crippen LogP contribution >= 0.6 is 0 Å². The first-order valence-corrected chi connectivity index (χ1v) is 9.39. The molecule has 4 amide bonds. The van der Waals surface area contributed by atoms with Crippen LogP contribution in [0.3, 0.4) is 0 Å². The molecule has 3 aromatic rings. The van der Waals surface area contributed by atoms with Crippen molar-refractivity contribution in [2.24, 2.45) is 0 Å². The number of ketones is 2. The molecule has 0 spiro atoms. The lowest BCUT2D eigenvalue weighted by molar-refractivity contribution is -0.123. The fourth-order valence-electron chi connectivity index (χ4n) is 3.78. The molecular formula is C23H13N3O5. The van der Waals surface area contributed by atoms with E-state index in [2.05, 4.69) is 4.98 Å². The first-order chi connectivity index (χ1) is 14.9. The second kappa shape index (κ2) is 6.81. The molecule has 0 bridgehead atoms. The maximum Gasteiger partial charge on any atom is 0.328 e. The number of carbonyl (C=O) groups is 5. The van der Waals surface area contributed by atoms with Gasteiger partial charge in [0.15, 0.2) is 11.6 Å². The molecular weight excluding hydrogens is 398 g/mol. The summed E-state index contributed by atoms with van der Waals surface area (Å²) >= 11 is 0. The van der Waals surface area contributed by atoms with Gasteiger partial charge in [0.25, 0.3) is 11.8 Å². The van der Waals surface area contributed by atoms with E-state index in [1.165, 1.54) is 24.3 Å². The van der Waals surface area contributed by atoms with E-state index in [0.717, 1.165) is 5.39 Å². The number of nitrogens with one attached hydrogen (secondary N) is 2.